The molecule has 7 nitrogen and oxygen atoms in total. The first-order valence-corrected chi connectivity index (χ1v) is 9.98. The van der Waals surface area contributed by atoms with Crippen molar-refractivity contribution in [3.05, 3.63) is 36.6 Å². The van der Waals surface area contributed by atoms with Crippen LogP contribution in [-0.2, 0) is 4.74 Å². The van der Waals surface area contributed by atoms with Crippen molar-refractivity contribution in [3.8, 4) is 0 Å². The van der Waals surface area contributed by atoms with Crippen molar-refractivity contribution in [1.82, 2.24) is 14.9 Å². The number of anilines is 2. The van der Waals surface area contributed by atoms with Crippen molar-refractivity contribution in [2.45, 2.75) is 40.0 Å². The smallest absolute Gasteiger partial charge is 0.224 e. The average Bonchev–Trinajstić information content (AvgIpc) is 2.65. The lowest BCUT2D eigenvalue weighted by Gasteiger charge is -2.12. The molecular weight excluding hydrogens is 364 g/mol. The molecule has 1 rings (SSSR count). The summed E-state index contributed by atoms with van der Waals surface area (Å²) in [6.45, 7) is 11.1. The molecule has 0 amide bonds. The number of unbranched alkanes of at least 4 members (excludes halogenated alkanes) is 2. The van der Waals surface area contributed by atoms with E-state index in [1.807, 2.05) is 32.9 Å². The Hall–Kier alpha value is -2.25. The van der Waals surface area contributed by atoms with E-state index in [1.165, 1.54) is 12.8 Å². The van der Waals surface area contributed by atoms with Gasteiger partial charge in [0, 0.05) is 32.9 Å². The number of allylic oxidation sites excluding steroid dienone is 3. The van der Waals surface area contributed by atoms with E-state index in [0.717, 1.165) is 19.5 Å². The third kappa shape index (κ3) is 15.4. The summed E-state index contributed by atoms with van der Waals surface area (Å²) in [6.07, 6.45) is 10.7. The van der Waals surface area contributed by atoms with Crippen LogP contribution < -0.4 is 11.1 Å². The zero-order valence-corrected chi connectivity index (χ0v) is 19.5. The number of nitrogens with zero attached hydrogens (tertiary/aromatic N) is 3. The number of aromatic nitrogens is 2. The number of nitrogen functional groups attached to an aromatic ring is 1. The van der Waals surface area contributed by atoms with Gasteiger partial charge in [0.05, 0.1) is 11.3 Å². The summed E-state index contributed by atoms with van der Waals surface area (Å²) >= 11 is 0. The monoisotopic (exact) mass is 406 g/mol. The fraction of sp³-hybridized carbons (Fsp3) is 0.591. The van der Waals surface area contributed by atoms with Gasteiger partial charge in [0.25, 0.3) is 0 Å². The predicted molar refractivity (Wildman–Crippen MR) is 127 cm³/mol. The minimum Gasteiger partial charge on any atom is -0.388 e. The maximum Gasteiger partial charge on any atom is 0.224 e. The van der Waals surface area contributed by atoms with Crippen molar-refractivity contribution < 1.29 is 4.74 Å². The number of nitrogens with two attached hydrogens (primary N) is 1. The third-order valence-electron chi connectivity index (χ3n) is 3.61. The molecule has 1 aromatic heterocycles. The summed E-state index contributed by atoms with van der Waals surface area (Å²) in [5.74, 6) is 0.892. The second-order valence-electron chi connectivity index (χ2n) is 6.83. The first-order chi connectivity index (χ1) is 13.8. The van der Waals surface area contributed by atoms with Gasteiger partial charge in [-0.3, -0.25) is 0 Å². The Labute approximate surface area is 178 Å². The van der Waals surface area contributed by atoms with Crippen molar-refractivity contribution in [2.75, 3.05) is 52.5 Å². The summed E-state index contributed by atoms with van der Waals surface area (Å²) in [7, 11) is 7.43. The summed E-state index contributed by atoms with van der Waals surface area (Å²) in [6, 6.07) is 0. The van der Waals surface area contributed by atoms with Crippen LogP contribution in [0, 0.1) is 11.3 Å². The molecule has 0 fully saturated rings. The van der Waals surface area contributed by atoms with Crippen molar-refractivity contribution in [1.29, 1.82) is 5.41 Å². The molecule has 0 radical (unpaired) electrons. The normalized spacial score (nSPS) is 11.2. The van der Waals surface area contributed by atoms with Gasteiger partial charge in [0.2, 0.25) is 5.95 Å². The molecule has 0 saturated carbocycles. The SMILES string of the molecule is C/C=C\C(C)C(=N)c1cnc(NCCCCCN(C)C)nc1N.C=CC.COC. The Balaban J connectivity index is 0. The van der Waals surface area contributed by atoms with Crippen molar-refractivity contribution in [3.63, 3.8) is 0 Å². The topological polar surface area (TPSA) is 100 Å². The van der Waals surface area contributed by atoms with E-state index in [0.29, 0.717) is 23.0 Å². The average molecular weight is 407 g/mol. The highest BCUT2D eigenvalue weighted by Crippen LogP contribution is 2.16. The Morgan fingerprint density at radius 1 is 1.31 bits per heavy atom. The van der Waals surface area contributed by atoms with E-state index in [2.05, 4.69) is 45.6 Å². The van der Waals surface area contributed by atoms with E-state index < -0.39 is 0 Å². The highest BCUT2D eigenvalue weighted by Gasteiger charge is 2.13. The van der Waals surface area contributed by atoms with Gasteiger partial charge in [-0.2, -0.15) is 4.98 Å². The molecular formula is C22H42N6O. The van der Waals surface area contributed by atoms with Gasteiger partial charge >= 0.3 is 0 Å². The van der Waals surface area contributed by atoms with Crippen LogP contribution in [-0.4, -0.2) is 62.0 Å². The molecule has 166 valence electrons. The van der Waals surface area contributed by atoms with E-state index in [1.54, 1.807) is 26.5 Å². The summed E-state index contributed by atoms with van der Waals surface area (Å²) in [5.41, 5.74) is 7.02. The van der Waals surface area contributed by atoms with Crippen LogP contribution in [0.15, 0.2) is 31.0 Å². The number of methoxy groups -OCH3 is 1. The van der Waals surface area contributed by atoms with Gasteiger partial charge in [-0.05, 0) is 47.3 Å². The quantitative estimate of drug-likeness (QED) is 0.305. The van der Waals surface area contributed by atoms with Gasteiger partial charge in [-0.15, -0.1) is 6.58 Å². The Morgan fingerprint density at radius 3 is 2.38 bits per heavy atom. The largest absolute Gasteiger partial charge is 0.388 e. The minimum atomic E-state index is 0.00130. The molecule has 0 aromatic carbocycles. The van der Waals surface area contributed by atoms with E-state index in [-0.39, 0.29) is 5.92 Å². The van der Waals surface area contributed by atoms with E-state index >= 15 is 0 Å². The first kappa shape index (κ1) is 29.0. The Kier molecular flexibility index (Phi) is 19.1. The van der Waals surface area contributed by atoms with E-state index in [9.17, 15) is 0 Å². The van der Waals surface area contributed by atoms with Gasteiger partial charge in [0.15, 0.2) is 0 Å². The molecule has 1 heterocycles. The third-order valence-corrected chi connectivity index (χ3v) is 3.61. The molecule has 1 aromatic rings. The van der Waals surface area contributed by atoms with Gasteiger partial charge in [-0.25, -0.2) is 4.98 Å². The van der Waals surface area contributed by atoms with Gasteiger partial charge in [0.1, 0.15) is 5.82 Å². The van der Waals surface area contributed by atoms with Gasteiger partial charge in [-0.1, -0.05) is 31.6 Å². The standard InChI is InChI=1S/C17H30N6.C3H6.C2H6O/c1-5-9-13(2)15(18)14-12-21-17(22-16(14)19)20-10-7-6-8-11-23(3)4;2*1-3-2/h5,9,12-13,18H,6-8,10-11H2,1-4H3,(H3,19,20,21,22);3H,1H2,2H3;1-2H3/b9-5-,18-15?;;. The lowest BCUT2D eigenvalue weighted by atomic mass is 9.99. The zero-order valence-electron chi connectivity index (χ0n) is 19.5. The molecule has 1 atom stereocenters. The number of nitrogens with one attached hydrogen (secondary N) is 2. The zero-order chi connectivity index (χ0) is 22.7. The molecule has 0 bridgehead atoms. The number of hydrogen-bond donors (Lipinski definition) is 3. The summed E-state index contributed by atoms with van der Waals surface area (Å²) in [4.78, 5) is 10.7. The first-order valence-electron chi connectivity index (χ1n) is 9.98. The maximum absolute atomic E-state index is 8.16. The molecule has 0 aliphatic heterocycles. The molecule has 0 aliphatic carbocycles. The lowest BCUT2D eigenvalue weighted by molar-refractivity contribution is 0.277. The van der Waals surface area contributed by atoms with Crippen molar-refractivity contribution >= 4 is 17.5 Å². The highest BCUT2D eigenvalue weighted by molar-refractivity contribution is 6.03. The second kappa shape index (κ2) is 19.1. The molecule has 7 heteroatoms. The van der Waals surface area contributed by atoms with E-state index in [4.69, 9.17) is 11.1 Å². The van der Waals surface area contributed by atoms with Crippen molar-refractivity contribution in [2.24, 2.45) is 5.92 Å². The van der Waals surface area contributed by atoms with Crippen LogP contribution in [0.1, 0.15) is 45.6 Å². The Bertz CT molecular complexity index is 587. The van der Waals surface area contributed by atoms with Gasteiger partial charge < -0.3 is 26.1 Å². The van der Waals surface area contributed by atoms with Crippen LogP contribution in [0.4, 0.5) is 11.8 Å². The fourth-order valence-corrected chi connectivity index (χ4v) is 2.25. The Morgan fingerprint density at radius 2 is 1.90 bits per heavy atom. The number of hydrogen-bond acceptors (Lipinski definition) is 7. The summed E-state index contributed by atoms with van der Waals surface area (Å²) < 4.78 is 4.25. The van der Waals surface area contributed by atoms with Crippen LogP contribution in [0.25, 0.3) is 0 Å². The molecule has 0 spiro atoms. The van der Waals surface area contributed by atoms with Crippen LogP contribution in [0.5, 0.6) is 0 Å². The fourth-order valence-electron chi connectivity index (χ4n) is 2.25. The molecule has 4 N–H and O–H groups in total. The number of rotatable bonds is 10. The van der Waals surface area contributed by atoms with Crippen LogP contribution in [0.3, 0.4) is 0 Å². The summed E-state index contributed by atoms with van der Waals surface area (Å²) in [5, 5.41) is 11.4. The predicted octanol–water partition coefficient (Wildman–Crippen LogP) is 4.24. The number of ether oxygens (including phenoxy) is 1. The van der Waals surface area contributed by atoms with Crippen LogP contribution in [0.2, 0.25) is 0 Å². The minimum absolute atomic E-state index is 0.00130. The van der Waals surface area contributed by atoms with Crippen LogP contribution >= 0.6 is 0 Å². The molecule has 0 aliphatic rings. The highest BCUT2D eigenvalue weighted by atomic mass is 16.4. The lowest BCUT2D eigenvalue weighted by Crippen LogP contribution is -2.15. The molecule has 29 heavy (non-hydrogen) atoms. The second-order valence-corrected chi connectivity index (χ2v) is 6.83. The molecule has 1 unspecified atom stereocenters. The molecule has 0 saturated heterocycles. The maximum atomic E-state index is 8.16.